The maximum absolute atomic E-state index is 11.1. The number of hydrogen-bond donors (Lipinski definition) is 0. The van der Waals surface area contributed by atoms with Crippen LogP contribution in [0.15, 0.2) is 0 Å². The second kappa shape index (κ2) is 7.15. The van der Waals surface area contributed by atoms with Crippen molar-refractivity contribution >= 4 is 17.5 Å². The first kappa shape index (κ1) is 13.8. The third kappa shape index (κ3) is 7.85. The van der Waals surface area contributed by atoms with Crippen molar-refractivity contribution in [2.45, 2.75) is 52.6 Å². The fourth-order valence-corrected chi connectivity index (χ4v) is 1.25. The Labute approximate surface area is 90.0 Å². The molecule has 0 aromatic rings. The normalized spacial score (nSPS) is 11.9. The molecule has 0 N–H and O–H groups in total. The van der Waals surface area contributed by atoms with E-state index in [0.29, 0.717) is 12.8 Å². The second-order valence-corrected chi connectivity index (χ2v) is 3.66. The molecule has 0 bridgehead atoms. The van der Waals surface area contributed by atoms with Crippen LogP contribution in [0, 0.1) is 0 Å². The first-order chi connectivity index (χ1) is 6.93. The first-order valence-corrected chi connectivity index (χ1v) is 5.10. The van der Waals surface area contributed by atoms with Crippen molar-refractivity contribution in [3.63, 3.8) is 0 Å². The van der Waals surface area contributed by atoms with E-state index in [4.69, 9.17) is 4.74 Å². The van der Waals surface area contributed by atoms with Crippen molar-refractivity contribution in [2.24, 2.45) is 0 Å². The molecule has 0 spiro atoms. The number of hydrogen-bond acceptors (Lipinski definition) is 4. The van der Waals surface area contributed by atoms with E-state index in [2.05, 4.69) is 0 Å². The van der Waals surface area contributed by atoms with E-state index in [1.54, 1.807) is 0 Å². The molecule has 0 aliphatic heterocycles. The first-order valence-electron chi connectivity index (χ1n) is 5.10. The van der Waals surface area contributed by atoms with E-state index >= 15 is 0 Å². The number of esters is 1. The summed E-state index contributed by atoms with van der Waals surface area (Å²) in [5.41, 5.74) is 0. The number of ketones is 2. The minimum atomic E-state index is -0.644. The van der Waals surface area contributed by atoms with Crippen LogP contribution in [0.2, 0.25) is 0 Å². The molecule has 0 aliphatic rings. The van der Waals surface area contributed by atoms with Crippen molar-refractivity contribution in [3.05, 3.63) is 0 Å². The van der Waals surface area contributed by atoms with Crippen molar-refractivity contribution < 1.29 is 19.1 Å². The van der Waals surface area contributed by atoms with Gasteiger partial charge in [0.1, 0.15) is 5.78 Å². The van der Waals surface area contributed by atoms with Crippen LogP contribution in [0.5, 0.6) is 0 Å². The highest BCUT2D eigenvalue weighted by atomic mass is 16.5. The zero-order valence-electron chi connectivity index (χ0n) is 9.54. The van der Waals surface area contributed by atoms with Crippen molar-refractivity contribution in [2.75, 3.05) is 0 Å². The van der Waals surface area contributed by atoms with Gasteiger partial charge < -0.3 is 9.53 Å². The third-order valence-corrected chi connectivity index (χ3v) is 2.01. The quantitative estimate of drug-likeness (QED) is 0.477. The van der Waals surface area contributed by atoms with Gasteiger partial charge in [-0.3, -0.25) is 9.59 Å². The van der Waals surface area contributed by atoms with Crippen LogP contribution in [0.25, 0.3) is 0 Å². The van der Waals surface area contributed by atoms with Crippen LogP contribution in [0.1, 0.15) is 46.5 Å². The Morgan fingerprint density at radius 2 is 1.67 bits per heavy atom. The Balaban J connectivity index is 3.81. The van der Waals surface area contributed by atoms with Crippen molar-refractivity contribution in [1.29, 1.82) is 0 Å². The summed E-state index contributed by atoms with van der Waals surface area (Å²) in [6.45, 7) is 4.22. The van der Waals surface area contributed by atoms with Gasteiger partial charge in [-0.1, -0.05) is 0 Å². The van der Waals surface area contributed by atoms with Gasteiger partial charge in [-0.05, 0) is 33.1 Å². The van der Waals surface area contributed by atoms with Gasteiger partial charge in [0, 0.05) is 13.3 Å². The molecule has 4 nitrogen and oxygen atoms in total. The van der Waals surface area contributed by atoms with E-state index in [9.17, 15) is 14.4 Å². The summed E-state index contributed by atoms with van der Waals surface area (Å²) in [6.07, 6.45) is 1.83. The molecule has 15 heavy (non-hydrogen) atoms. The standard InChI is InChI=1S/C11H18O4/c1-8(12)6-4-5-7-11(9(2)13)15-10(3)14/h11H,4-7H2,1-3H3. The summed E-state index contributed by atoms with van der Waals surface area (Å²) in [6, 6.07) is 0. The van der Waals surface area contributed by atoms with Crippen molar-refractivity contribution in [3.8, 4) is 0 Å². The molecule has 0 aliphatic carbocycles. The summed E-state index contributed by atoms with van der Waals surface area (Å²) in [7, 11) is 0. The largest absolute Gasteiger partial charge is 0.455 e. The van der Waals surface area contributed by atoms with Crippen LogP contribution < -0.4 is 0 Å². The molecule has 86 valence electrons. The Morgan fingerprint density at radius 1 is 1.07 bits per heavy atom. The lowest BCUT2D eigenvalue weighted by Gasteiger charge is -2.13. The molecular formula is C11H18O4. The van der Waals surface area contributed by atoms with Gasteiger partial charge >= 0.3 is 5.97 Å². The number of carbonyl (C=O) groups excluding carboxylic acids is 3. The van der Waals surface area contributed by atoms with E-state index in [-0.39, 0.29) is 11.6 Å². The predicted octanol–water partition coefficient (Wildman–Crippen LogP) is 1.66. The summed E-state index contributed by atoms with van der Waals surface area (Å²) >= 11 is 0. The minimum Gasteiger partial charge on any atom is -0.455 e. The van der Waals surface area contributed by atoms with Crippen LogP contribution in [-0.2, 0) is 19.1 Å². The molecule has 1 atom stereocenters. The summed E-state index contributed by atoms with van der Waals surface area (Å²) < 4.78 is 4.85. The molecule has 0 aromatic heterocycles. The van der Waals surface area contributed by atoms with Gasteiger partial charge in [0.25, 0.3) is 0 Å². The fraction of sp³-hybridized carbons (Fsp3) is 0.727. The maximum Gasteiger partial charge on any atom is 0.303 e. The summed E-state index contributed by atoms with van der Waals surface area (Å²) in [5, 5.41) is 0. The van der Waals surface area contributed by atoms with Gasteiger partial charge in [-0.15, -0.1) is 0 Å². The molecular weight excluding hydrogens is 196 g/mol. The van der Waals surface area contributed by atoms with Crippen molar-refractivity contribution in [1.82, 2.24) is 0 Å². The molecule has 1 unspecified atom stereocenters. The monoisotopic (exact) mass is 214 g/mol. The van der Waals surface area contributed by atoms with Crippen LogP contribution in [0.4, 0.5) is 0 Å². The average molecular weight is 214 g/mol. The molecule has 0 radical (unpaired) electrons. The molecule has 0 rings (SSSR count). The fourth-order valence-electron chi connectivity index (χ4n) is 1.25. The van der Waals surface area contributed by atoms with Crippen LogP contribution in [-0.4, -0.2) is 23.6 Å². The number of carbonyl (C=O) groups is 3. The lowest BCUT2D eigenvalue weighted by atomic mass is 10.1. The maximum atomic E-state index is 11.1. The van der Waals surface area contributed by atoms with Crippen LogP contribution >= 0.6 is 0 Å². The van der Waals surface area contributed by atoms with Crippen LogP contribution in [0.3, 0.4) is 0 Å². The number of unbranched alkanes of at least 4 members (excludes halogenated alkanes) is 1. The average Bonchev–Trinajstić information content (AvgIpc) is 2.08. The van der Waals surface area contributed by atoms with Gasteiger partial charge in [0.15, 0.2) is 11.9 Å². The lowest BCUT2D eigenvalue weighted by Crippen LogP contribution is -2.24. The predicted molar refractivity (Wildman–Crippen MR) is 55.4 cm³/mol. The molecule has 0 saturated heterocycles. The smallest absolute Gasteiger partial charge is 0.303 e. The zero-order chi connectivity index (χ0) is 11.8. The highest BCUT2D eigenvalue weighted by Gasteiger charge is 2.16. The molecule has 0 fully saturated rings. The van der Waals surface area contributed by atoms with Gasteiger partial charge in [0.05, 0.1) is 0 Å². The third-order valence-electron chi connectivity index (χ3n) is 2.01. The van der Waals surface area contributed by atoms with E-state index in [1.165, 1.54) is 20.8 Å². The molecule has 0 aromatic carbocycles. The molecule has 0 saturated carbocycles. The molecule has 4 heteroatoms. The summed E-state index contributed by atoms with van der Waals surface area (Å²) in [5.74, 6) is -0.448. The minimum absolute atomic E-state index is 0.141. The second-order valence-electron chi connectivity index (χ2n) is 3.66. The SMILES string of the molecule is CC(=O)CCCCC(OC(C)=O)C(C)=O. The molecule has 0 amide bonds. The Hall–Kier alpha value is -1.19. The highest BCUT2D eigenvalue weighted by molar-refractivity contribution is 5.83. The Kier molecular flexibility index (Phi) is 6.58. The highest BCUT2D eigenvalue weighted by Crippen LogP contribution is 2.08. The van der Waals surface area contributed by atoms with E-state index in [1.807, 2.05) is 0 Å². The van der Waals surface area contributed by atoms with Gasteiger partial charge in [-0.2, -0.15) is 0 Å². The molecule has 0 heterocycles. The van der Waals surface area contributed by atoms with Gasteiger partial charge in [0.2, 0.25) is 0 Å². The Bertz CT molecular complexity index is 245. The Morgan fingerprint density at radius 3 is 2.07 bits per heavy atom. The lowest BCUT2D eigenvalue weighted by molar-refractivity contribution is -0.152. The number of Topliss-reactive ketones (excluding diaryl/α,β-unsaturated/α-hetero) is 2. The number of ether oxygens (including phenoxy) is 1. The van der Waals surface area contributed by atoms with E-state index in [0.717, 1.165) is 12.8 Å². The van der Waals surface area contributed by atoms with Gasteiger partial charge in [-0.25, -0.2) is 0 Å². The summed E-state index contributed by atoms with van der Waals surface area (Å²) in [4.78, 5) is 32.4. The number of rotatable bonds is 7. The topological polar surface area (TPSA) is 60.4 Å². The zero-order valence-corrected chi connectivity index (χ0v) is 9.54. The van der Waals surface area contributed by atoms with E-state index < -0.39 is 12.1 Å².